The quantitative estimate of drug-likeness (QED) is 0.112. The van der Waals surface area contributed by atoms with Crippen molar-refractivity contribution in [3.8, 4) is 0 Å². The van der Waals surface area contributed by atoms with E-state index in [-0.39, 0.29) is 31.9 Å². The van der Waals surface area contributed by atoms with E-state index in [2.05, 4.69) is 173 Å². The molecule has 376 valence electrons. The van der Waals surface area contributed by atoms with Gasteiger partial charge in [0.15, 0.2) is 0 Å². The second-order valence-corrected chi connectivity index (χ2v) is 21.8. The van der Waals surface area contributed by atoms with Gasteiger partial charge in [-0.25, -0.2) is 0 Å². The van der Waals surface area contributed by atoms with E-state index in [4.69, 9.17) is 61.3 Å². The van der Waals surface area contributed by atoms with Crippen molar-refractivity contribution in [2.24, 2.45) is 0 Å². The van der Waals surface area contributed by atoms with E-state index >= 15 is 0 Å². The van der Waals surface area contributed by atoms with E-state index in [1.165, 1.54) is 78.4 Å². The maximum atomic E-state index is 5.48. The summed E-state index contributed by atoms with van der Waals surface area (Å²) in [6.07, 6.45) is 10.9. The Morgan fingerprint density at radius 3 is 0.912 bits per heavy atom. The summed E-state index contributed by atoms with van der Waals surface area (Å²) in [5, 5.41) is 1.37. The van der Waals surface area contributed by atoms with Crippen molar-refractivity contribution in [2.75, 3.05) is 45.8 Å². The number of para-hydroxylation sites is 2. The first-order chi connectivity index (χ1) is 32.7. The molecule has 0 bridgehead atoms. The van der Waals surface area contributed by atoms with Crippen LogP contribution in [0.25, 0.3) is 0 Å². The van der Waals surface area contributed by atoms with Crippen molar-refractivity contribution in [2.45, 2.75) is 94.9 Å². The van der Waals surface area contributed by atoms with Gasteiger partial charge in [0.05, 0.1) is 10.0 Å². The van der Waals surface area contributed by atoms with Gasteiger partial charge in [-0.1, -0.05) is 123 Å². The van der Waals surface area contributed by atoms with Gasteiger partial charge < -0.3 is 19.6 Å². The fourth-order valence-corrected chi connectivity index (χ4v) is 9.04. The molecule has 8 rings (SSSR count). The minimum absolute atomic E-state index is 0.106. The predicted octanol–water partition coefficient (Wildman–Crippen LogP) is 16.6. The maximum absolute atomic E-state index is 5.48. The molecule has 2 saturated heterocycles. The molecule has 6 nitrogen and oxygen atoms in total. The molecule has 0 N–H and O–H groups in total. The van der Waals surface area contributed by atoms with E-state index in [1.54, 1.807) is 49.1 Å². The Hall–Kier alpha value is -2.56. The third kappa shape index (κ3) is 18.6. The van der Waals surface area contributed by atoms with Crippen LogP contribution >= 0.6 is 61.3 Å². The Balaban J connectivity index is 0.000000258. The Morgan fingerprint density at radius 1 is 0.441 bits per heavy atom. The van der Waals surface area contributed by atoms with E-state index < -0.39 is 0 Å². The molecule has 2 aromatic heterocycles. The average molecular weight is 1220 g/mol. The van der Waals surface area contributed by atoms with Crippen LogP contribution in [0.2, 0.25) is 10.0 Å². The summed E-state index contributed by atoms with van der Waals surface area (Å²) in [6, 6.07) is 29.8. The number of hydrogen-bond donors (Lipinski definition) is 0. The monoisotopic (exact) mass is 1220 g/mol. The molecular weight excluding hydrogens is 1160 g/mol. The molecule has 6 aromatic rings. The Labute approximate surface area is 451 Å². The zero-order chi connectivity index (χ0) is 50.2. The molecule has 0 unspecified atom stereocenters. The number of aryl methyl sites for hydroxylation is 10. The van der Waals surface area contributed by atoms with Gasteiger partial charge in [-0.15, -0.1) is 0 Å². The molecule has 0 aliphatic carbocycles. The normalized spacial score (nSPS) is 12.7. The van der Waals surface area contributed by atoms with Gasteiger partial charge in [-0.3, -0.25) is 9.97 Å². The van der Waals surface area contributed by atoms with Gasteiger partial charge in [0, 0.05) is 73.7 Å². The second-order valence-electron chi connectivity index (χ2n) is 16.2. The molecule has 2 aliphatic rings. The molecule has 0 saturated carbocycles. The standard InChI is InChI=1S/C23H31N2.C21H27N2.2C5H4ClN.4ClH.2Pd/c1-5-18-11-9-12-19(6-2)22(18)24-15-16-25(17-24)23-20(7-3)13-10-14-21(23)8-4;1-14-9-16(3)20(17(4)10-14)22-7-8-23(13-22)21-18(5)11-15(2)12-19(21)6;2*6-5-2-1-3-7-4-5;;;;;;/h9-14,17H,5-8,15-16H2,1-4H3;9-13H,7-8H2,1-6H3;2*1-4H;4*1H;;/q2*-1;;;;;;;2*+2/p-4. The van der Waals surface area contributed by atoms with Gasteiger partial charge in [-0.2, -0.15) is 13.3 Å². The molecule has 2 fully saturated rings. The van der Waals surface area contributed by atoms with Crippen LogP contribution in [0.15, 0.2) is 110 Å². The number of pyridine rings is 2. The van der Waals surface area contributed by atoms with Crippen LogP contribution in [0.4, 0.5) is 22.7 Å². The molecule has 0 amide bonds. The van der Waals surface area contributed by atoms with E-state index in [1.807, 2.05) is 0 Å². The van der Waals surface area contributed by atoms with Crippen molar-refractivity contribution in [1.29, 1.82) is 0 Å². The van der Waals surface area contributed by atoms with Crippen molar-refractivity contribution in [3.05, 3.63) is 189 Å². The summed E-state index contributed by atoms with van der Waals surface area (Å²) < 4.78 is 0. The Bertz CT molecular complexity index is 2140. The van der Waals surface area contributed by atoms with Crippen LogP contribution in [0.1, 0.15) is 83.3 Å². The molecule has 0 atom stereocenters. The van der Waals surface area contributed by atoms with Crippen LogP contribution in [0, 0.1) is 54.9 Å². The van der Waals surface area contributed by atoms with Crippen molar-refractivity contribution in [1.82, 2.24) is 9.97 Å². The van der Waals surface area contributed by atoms with Gasteiger partial charge in [0.25, 0.3) is 0 Å². The van der Waals surface area contributed by atoms with Gasteiger partial charge in [0.2, 0.25) is 0 Å². The molecule has 4 heterocycles. The fourth-order valence-electron chi connectivity index (χ4n) is 8.78. The molecule has 0 spiro atoms. The summed E-state index contributed by atoms with van der Waals surface area (Å²) in [6.45, 7) is 31.1. The zero-order valence-corrected chi connectivity index (χ0v) is 48.4. The van der Waals surface area contributed by atoms with Crippen LogP contribution in [0.3, 0.4) is 0 Å². The van der Waals surface area contributed by atoms with Crippen molar-refractivity contribution in [3.63, 3.8) is 0 Å². The molecule has 4 aromatic carbocycles. The number of rotatable bonds is 8. The summed E-state index contributed by atoms with van der Waals surface area (Å²) in [7, 11) is 19.3. The number of benzene rings is 4. The summed E-state index contributed by atoms with van der Waals surface area (Å²) >= 11 is 10.7. The number of nitrogens with zero attached hydrogens (tertiary/aromatic N) is 6. The molecule has 14 heteroatoms. The van der Waals surface area contributed by atoms with Gasteiger partial charge >= 0.3 is 70.0 Å². The van der Waals surface area contributed by atoms with Crippen LogP contribution < -0.4 is 19.6 Å². The van der Waals surface area contributed by atoms with Crippen LogP contribution in [-0.4, -0.2) is 36.1 Å². The number of halogens is 6. The van der Waals surface area contributed by atoms with Crippen LogP contribution in [-0.2, 0) is 57.6 Å². The van der Waals surface area contributed by atoms with Gasteiger partial charge in [-0.05, 0) is 136 Å². The fraction of sp³-hybridized carbons (Fsp3) is 0.333. The average Bonchev–Trinajstić information content (AvgIpc) is 4.00. The minimum atomic E-state index is -0.106. The second kappa shape index (κ2) is 32.4. The van der Waals surface area contributed by atoms with E-state index in [9.17, 15) is 0 Å². The number of hydrogen-bond acceptors (Lipinski definition) is 6. The summed E-state index contributed by atoms with van der Waals surface area (Å²) in [5.41, 5.74) is 19.5. The first-order valence-corrected chi connectivity index (χ1v) is 31.4. The zero-order valence-electron chi connectivity index (χ0n) is 40.8. The first-order valence-electron chi connectivity index (χ1n) is 22.6. The van der Waals surface area contributed by atoms with Crippen molar-refractivity contribution >= 4 is 84.1 Å². The Kier molecular flexibility index (Phi) is 28.5. The molecule has 68 heavy (non-hydrogen) atoms. The number of anilines is 4. The third-order valence-electron chi connectivity index (χ3n) is 11.3. The van der Waals surface area contributed by atoms with Crippen molar-refractivity contribution < 1.29 is 31.9 Å². The summed E-state index contributed by atoms with van der Waals surface area (Å²) in [5.74, 6) is 0. The third-order valence-corrected chi connectivity index (χ3v) is 11.8. The van der Waals surface area contributed by atoms with Gasteiger partial charge in [0.1, 0.15) is 0 Å². The predicted molar refractivity (Wildman–Crippen MR) is 292 cm³/mol. The molecule has 2 aliphatic heterocycles. The number of aromatic nitrogens is 2. The van der Waals surface area contributed by atoms with E-state index in [0.29, 0.717) is 10.0 Å². The van der Waals surface area contributed by atoms with Crippen LogP contribution in [0.5, 0.6) is 0 Å². The SMILES string of the molecule is CCc1cccc(CC)c1N1[CH-]N(c2c(CC)cccc2CC)CC1.Cc1cc(C)c(N2[CH-]N(c3c(C)cc(C)cc3C)CC2)c(C)c1.Clc1cccnc1.Clc1cccnc1.[Cl][Pd][Cl].[Cl][Pd][Cl]. The molecular formula is C54H66Cl6N6Pd2-2. The Morgan fingerprint density at radius 2 is 0.706 bits per heavy atom. The first kappa shape index (κ1) is 59.8. The van der Waals surface area contributed by atoms with E-state index in [0.717, 1.165) is 51.9 Å². The topological polar surface area (TPSA) is 38.7 Å². The summed E-state index contributed by atoms with van der Waals surface area (Å²) in [4.78, 5) is 17.3. The molecule has 0 radical (unpaired) electrons.